The molecule has 3 aromatic carbocycles. The maximum Gasteiger partial charge on any atom is 0.269 e. The van der Waals surface area contributed by atoms with Crippen molar-refractivity contribution < 1.29 is 14.3 Å². The van der Waals surface area contributed by atoms with Gasteiger partial charge in [-0.2, -0.15) is 0 Å². The van der Waals surface area contributed by atoms with Crippen molar-refractivity contribution >= 4 is 28.3 Å². The molecular weight excluding hydrogens is 426 g/mol. The second kappa shape index (κ2) is 9.35. The highest BCUT2D eigenvalue weighted by Gasteiger charge is 2.15. The Hall–Kier alpha value is -4.19. The Morgan fingerprint density at radius 1 is 0.853 bits per heavy atom. The highest BCUT2D eigenvalue weighted by molar-refractivity contribution is 6.09. The average molecular weight is 454 g/mol. The maximum atomic E-state index is 12.9. The number of nitrogens with one attached hydrogen (secondary N) is 2. The summed E-state index contributed by atoms with van der Waals surface area (Å²) in [7, 11) is 1.55. The number of amides is 2. The molecule has 0 saturated carbocycles. The van der Waals surface area contributed by atoms with Crippen molar-refractivity contribution in [2.45, 2.75) is 26.2 Å². The van der Waals surface area contributed by atoms with Crippen molar-refractivity contribution in [1.29, 1.82) is 0 Å². The minimum Gasteiger partial charge on any atom is -0.457 e. The lowest BCUT2D eigenvalue weighted by Crippen LogP contribution is -2.18. The number of aromatic nitrogens is 1. The Bertz CT molecular complexity index is 1360. The fraction of sp³-hybridized carbons (Fsp3) is 0.179. The van der Waals surface area contributed by atoms with Crippen molar-refractivity contribution in [1.82, 2.24) is 10.3 Å². The molecule has 0 aliphatic heterocycles. The molecule has 0 fully saturated rings. The van der Waals surface area contributed by atoms with Crippen LogP contribution in [0.5, 0.6) is 11.5 Å². The largest absolute Gasteiger partial charge is 0.457 e. The van der Waals surface area contributed by atoms with Crippen LogP contribution in [0.4, 0.5) is 5.69 Å². The number of hydrogen-bond acceptors (Lipinski definition) is 4. The molecule has 0 saturated heterocycles. The van der Waals surface area contributed by atoms with E-state index in [1.165, 1.54) is 11.8 Å². The standard InChI is InChI=1S/C28H27N3O3/c1-28(2,3)20-10-8-18(9-11-20)26(32)31-24-7-5-6-19-16-21(12-13-23(19)24)34-22-14-15-30-25(17-22)27(33)29-4/h5-17H,1-4H3,(H,29,33)(H,31,32). The Morgan fingerprint density at radius 3 is 2.29 bits per heavy atom. The van der Waals surface area contributed by atoms with E-state index >= 15 is 0 Å². The molecule has 0 aliphatic carbocycles. The van der Waals surface area contributed by atoms with Gasteiger partial charge in [-0.1, -0.05) is 45.0 Å². The van der Waals surface area contributed by atoms with Gasteiger partial charge in [-0.05, 0) is 58.8 Å². The normalized spacial score (nSPS) is 11.2. The molecule has 0 radical (unpaired) electrons. The van der Waals surface area contributed by atoms with Gasteiger partial charge in [-0.15, -0.1) is 0 Å². The van der Waals surface area contributed by atoms with Gasteiger partial charge in [0, 0.05) is 35.9 Å². The summed E-state index contributed by atoms with van der Waals surface area (Å²) in [6.07, 6.45) is 1.53. The van der Waals surface area contributed by atoms with Crippen molar-refractivity contribution in [3.05, 3.63) is 95.8 Å². The summed E-state index contributed by atoms with van der Waals surface area (Å²) >= 11 is 0. The lowest BCUT2D eigenvalue weighted by atomic mass is 9.86. The van der Waals surface area contributed by atoms with E-state index in [0.717, 1.165) is 16.5 Å². The first-order valence-corrected chi connectivity index (χ1v) is 11.1. The number of ether oxygens (including phenoxy) is 1. The van der Waals surface area contributed by atoms with E-state index in [1.54, 1.807) is 19.2 Å². The van der Waals surface area contributed by atoms with Crippen molar-refractivity contribution in [2.24, 2.45) is 0 Å². The molecule has 0 unspecified atom stereocenters. The van der Waals surface area contributed by atoms with Crippen LogP contribution in [0.1, 0.15) is 47.2 Å². The molecule has 172 valence electrons. The van der Waals surface area contributed by atoms with Gasteiger partial charge in [0.05, 0.1) is 0 Å². The van der Waals surface area contributed by atoms with Crippen LogP contribution in [0.3, 0.4) is 0 Å². The van der Waals surface area contributed by atoms with Gasteiger partial charge in [0.2, 0.25) is 0 Å². The van der Waals surface area contributed by atoms with Crippen LogP contribution in [0.25, 0.3) is 10.8 Å². The van der Waals surface area contributed by atoms with E-state index in [2.05, 4.69) is 36.4 Å². The summed E-state index contributed by atoms with van der Waals surface area (Å²) < 4.78 is 5.94. The van der Waals surface area contributed by atoms with E-state index in [1.807, 2.05) is 60.7 Å². The summed E-state index contributed by atoms with van der Waals surface area (Å²) in [6.45, 7) is 6.43. The summed E-state index contributed by atoms with van der Waals surface area (Å²) in [5, 5.41) is 7.38. The van der Waals surface area contributed by atoms with Gasteiger partial charge in [0.15, 0.2) is 0 Å². The van der Waals surface area contributed by atoms with E-state index in [9.17, 15) is 9.59 Å². The Kier molecular flexibility index (Phi) is 6.32. The Morgan fingerprint density at radius 2 is 1.59 bits per heavy atom. The summed E-state index contributed by atoms with van der Waals surface area (Å²) in [5.74, 6) is 0.683. The SMILES string of the molecule is CNC(=O)c1cc(Oc2ccc3c(NC(=O)c4ccc(C(C)(C)C)cc4)cccc3c2)ccn1. The lowest BCUT2D eigenvalue weighted by Gasteiger charge is -2.19. The number of nitrogens with zero attached hydrogens (tertiary/aromatic N) is 1. The monoisotopic (exact) mass is 453 g/mol. The Balaban J connectivity index is 1.54. The molecule has 0 atom stereocenters. The van der Waals surface area contributed by atoms with E-state index in [0.29, 0.717) is 17.1 Å². The first kappa shape index (κ1) is 23.0. The zero-order valence-electron chi connectivity index (χ0n) is 19.7. The average Bonchev–Trinajstić information content (AvgIpc) is 2.83. The quantitative estimate of drug-likeness (QED) is 0.392. The number of carbonyl (C=O) groups excluding carboxylic acids is 2. The third kappa shape index (κ3) is 5.07. The maximum absolute atomic E-state index is 12.9. The molecule has 0 spiro atoms. The van der Waals surface area contributed by atoms with Crippen LogP contribution in [0.15, 0.2) is 79.0 Å². The second-order valence-corrected chi connectivity index (χ2v) is 9.03. The van der Waals surface area contributed by atoms with Crippen LogP contribution in [-0.4, -0.2) is 23.8 Å². The number of carbonyl (C=O) groups is 2. The second-order valence-electron chi connectivity index (χ2n) is 9.03. The minimum absolute atomic E-state index is 0.0324. The fourth-order valence-corrected chi connectivity index (χ4v) is 3.61. The molecule has 6 heteroatoms. The van der Waals surface area contributed by atoms with Crippen molar-refractivity contribution in [3.8, 4) is 11.5 Å². The minimum atomic E-state index is -0.280. The first-order chi connectivity index (χ1) is 16.2. The molecular formula is C28H27N3O3. The highest BCUT2D eigenvalue weighted by Crippen LogP contribution is 2.30. The van der Waals surface area contributed by atoms with Gasteiger partial charge in [0.25, 0.3) is 11.8 Å². The van der Waals surface area contributed by atoms with Crippen LogP contribution < -0.4 is 15.4 Å². The topological polar surface area (TPSA) is 80.3 Å². The molecule has 0 aliphatic rings. The van der Waals surface area contributed by atoms with E-state index in [-0.39, 0.29) is 22.9 Å². The van der Waals surface area contributed by atoms with E-state index < -0.39 is 0 Å². The number of pyridine rings is 1. The molecule has 4 rings (SSSR count). The zero-order valence-corrected chi connectivity index (χ0v) is 19.7. The molecule has 2 amide bonds. The fourth-order valence-electron chi connectivity index (χ4n) is 3.61. The molecule has 1 aromatic heterocycles. The van der Waals surface area contributed by atoms with Gasteiger partial charge in [0.1, 0.15) is 17.2 Å². The number of anilines is 1. The van der Waals surface area contributed by atoms with Crippen LogP contribution in [0, 0.1) is 0 Å². The third-order valence-electron chi connectivity index (χ3n) is 5.54. The van der Waals surface area contributed by atoms with Gasteiger partial charge in [-0.25, -0.2) is 0 Å². The van der Waals surface area contributed by atoms with Gasteiger partial charge >= 0.3 is 0 Å². The van der Waals surface area contributed by atoms with E-state index in [4.69, 9.17) is 4.74 Å². The summed E-state index contributed by atoms with van der Waals surface area (Å²) in [5.41, 5.74) is 2.82. The highest BCUT2D eigenvalue weighted by atomic mass is 16.5. The molecule has 2 N–H and O–H groups in total. The van der Waals surface area contributed by atoms with Gasteiger partial charge in [-0.3, -0.25) is 14.6 Å². The predicted molar refractivity (Wildman–Crippen MR) is 135 cm³/mol. The molecule has 0 bridgehead atoms. The zero-order chi connectivity index (χ0) is 24.3. The summed E-state index contributed by atoms with van der Waals surface area (Å²) in [4.78, 5) is 28.7. The molecule has 6 nitrogen and oxygen atoms in total. The number of fused-ring (bicyclic) bond motifs is 1. The number of hydrogen-bond donors (Lipinski definition) is 2. The van der Waals surface area contributed by atoms with Gasteiger partial charge < -0.3 is 15.4 Å². The third-order valence-corrected chi connectivity index (χ3v) is 5.54. The lowest BCUT2D eigenvalue weighted by molar-refractivity contribution is 0.0957. The number of benzene rings is 3. The first-order valence-electron chi connectivity index (χ1n) is 11.1. The molecule has 34 heavy (non-hydrogen) atoms. The Labute approximate surface area is 199 Å². The molecule has 1 heterocycles. The smallest absolute Gasteiger partial charge is 0.269 e. The molecule has 4 aromatic rings. The van der Waals surface area contributed by atoms with Crippen LogP contribution >= 0.6 is 0 Å². The number of rotatable bonds is 5. The summed E-state index contributed by atoms with van der Waals surface area (Å²) in [6, 6.07) is 22.3. The van der Waals surface area contributed by atoms with Crippen molar-refractivity contribution in [3.63, 3.8) is 0 Å². The van der Waals surface area contributed by atoms with Crippen LogP contribution in [0.2, 0.25) is 0 Å². The van der Waals surface area contributed by atoms with Crippen molar-refractivity contribution in [2.75, 3.05) is 12.4 Å². The predicted octanol–water partition coefficient (Wildman–Crippen LogP) is 5.94. The van der Waals surface area contributed by atoms with Crippen LogP contribution in [-0.2, 0) is 5.41 Å².